The number of aliphatic carboxylic acids is 1. The van der Waals surface area contributed by atoms with Gasteiger partial charge in [0.1, 0.15) is 0 Å². The van der Waals surface area contributed by atoms with Gasteiger partial charge in [0.2, 0.25) is 0 Å². The number of nitrogens with one attached hydrogen (secondary N) is 1. The minimum atomic E-state index is -0.700. The number of thiocarbonyl (C=S) groups is 1. The van der Waals surface area contributed by atoms with Crippen LogP contribution in [0.4, 0.5) is 5.69 Å². The van der Waals surface area contributed by atoms with Gasteiger partial charge in [-0.25, -0.2) is 0 Å². The fourth-order valence-corrected chi connectivity index (χ4v) is 4.54. The Labute approximate surface area is 166 Å². The first-order valence-corrected chi connectivity index (χ1v) is 10.4. The van der Waals surface area contributed by atoms with Gasteiger partial charge < -0.3 is 19.9 Å². The Kier molecular flexibility index (Phi) is 7.47. The van der Waals surface area contributed by atoms with Gasteiger partial charge in [-0.3, -0.25) is 4.79 Å². The summed E-state index contributed by atoms with van der Waals surface area (Å²) < 4.78 is 12.0. The molecule has 6 heteroatoms. The smallest absolute Gasteiger partial charge is 0.303 e. The van der Waals surface area contributed by atoms with E-state index in [-0.39, 0.29) is 6.42 Å². The summed E-state index contributed by atoms with van der Waals surface area (Å²) in [6.07, 6.45) is 8.30. The van der Waals surface area contributed by atoms with Crippen molar-refractivity contribution in [2.45, 2.75) is 63.6 Å². The molecule has 0 saturated carbocycles. The molecule has 4 atom stereocenters. The van der Waals surface area contributed by atoms with Crippen LogP contribution in [0.5, 0.6) is 0 Å². The van der Waals surface area contributed by atoms with Crippen LogP contribution in [-0.2, 0) is 14.3 Å². The van der Waals surface area contributed by atoms with Crippen LogP contribution >= 0.6 is 12.2 Å². The van der Waals surface area contributed by atoms with E-state index in [2.05, 4.69) is 5.32 Å². The van der Waals surface area contributed by atoms with E-state index >= 15 is 0 Å². The molecule has 0 amide bonds. The summed E-state index contributed by atoms with van der Waals surface area (Å²) in [4.78, 5) is 10.6. The summed E-state index contributed by atoms with van der Waals surface area (Å²) in [5.41, 5.74) is 0.935. The zero-order valence-corrected chi connectivity index (χ0v) is 16.5. The van der Waals surface area contributed by atoms with E-state index in [1.807, 2.05) is 30.3 Å². The maximum absolute atomic E-state index is 10.6. The quantitative estimate of drug-likeness (QED) is 0.448. The molecule has 2 aliphatic rings. The molecule has 2 heterocycles. The minimum absolute atomic E-state index is 0.277. The third kappa shape index (κ3) is 5.91. The van der Waals surface area contributed by atoms with Gasteiger partial charge >= 0.3 is 5.97 Å². The second-order valence-corrected chi connectivity index (χ2v) is 7.92. The monoisotopic (exact) mass is 391 g/mol. The molecule has 27 heavy (non-hydrogen) atoms. The average molecular weight is 392 g/mol. The third-order valence-electron chi connectivity index (χ3n) is 5.70. The van der Waals surface area contributed by atoms with Crippen molar-refractivity contribution in [3.63, 3.8) is 0 Å². The van der Waals surface area contributed by atoms with Crippen LogP contribution in [0.1, 0.15) is 51.4 Å². The molecule has 1 aromatic rings. The summed E-state index contributed by atoms with van der Waals surface area (Å²) in [5.74, 6) is 0.231. The maximum atomic E-state index is 10.6. The molecule has 2 aliphatic heterocycles. The van der Waals surface area contributed by atoms with Gasteiger partial charge in [0.05, 0.1) is 18.8 Å². The zero-order chi connectivity index (χ0) is 19.1. The molecule has 4 unspecified atom stereocenters. The molecule has 0 aliphatic carbocycles. The molecule has 2 saturated heterocycles. The van der Waals surface area contributed by atoms with Gasteiger partial charge in [0.25, 0.3) is 5.17 Å². The van der Waals surface area contributed by atoms with Crippen LogP contribution in [0.2, 0.25) is 0 Å². The Morgan fingerprint density at radius 3 is 2.56 bits per heavy atom. The molecule has 0 radical (unpaired) electrons. The van der Waals surface area contributed by atoms with E-state index < -0.39 is 5.97 Å². The predicted molar refractivity (Wildman–Crippen MR) is 109 cm³/mol. The number of anilines is 1. The first-order valence-electron chi connectivity index (χ1n) is 9.99. The van der Waals surface area contributed by atoms with Gasteiger partial charge in [-0.05, 0) is 56.0 Å². The van der Waals surface area contributed by atoms with Crippen molar-refractivity contribution in [1.29, 1.82) is 0 Å². The fourth-order valence-electron chi connectivity index (χ4n) is 4.36. The van der Waals surface area contributed by atoms with Crippen LogP contribution in [-0.4, -0.2) is 35.1 Å². The van der Waals surface area contributed by atoms with Crippen LogP contribution in [0.25, 0.3) is 0 Å². The number of hydrogen-bond donors (Lipinski definition) is 2. The normalized spacial score (nSPS) is 26.1. The van der Waals surface area contributed by atoms with Crippen LogP contribution < -0.4 is 5.32 Å². The first kappa shape index (κ1) is 20.1. The molecule has 148 valence electrons. The van der Waals surface area contributed by atoms with Gasteiger partial charge in [0, 0.05) is 18.0 Å². The lowest BCUT2D eigenvalue weighted by atomic mass is 9.77. The lowest BCUT2D eigenvalue weighted by molar-refractivity contribution is -0.137. The number of ether oxygens (including phenoxy) is 2. The number of benzene rings is 1. The summed E-state index contributed by atoms with van der Waals surface area (Å²) in [5, 5.41) is 12.2. The highest BCUT2D eigenvalue weighted by atomic mass is 32.1. The van der Waals surface area contributed by atoms with E-state index in [9.17, 15) is 4.79 Å². The molecule has 2 N–H and O–H groups in total. The van der Waals surface area contributed by atoms with E-state index in [1.165, 1.54) is 0 Å². The van der Waals surface area contributed by atoms with Crippen LogP contribution in [0, 0.1) is 11.8 Å². The van der Waals surface area contributed by atoms with Gasteiger partial charge in [-0.15, -0.1) is 0 Å². The van der Waals surface area contributed by atoms with Gasteiger partial charge in [-0.1, -0.05) is 37.5 Å². The zero-order valence-electron chi connectivity index (χ0n) is 15.6. The number of hydrogen-bond acceptors (Lipinski definition) is 4. The fraction of sp³-hybridized carbons (Fsp3) is 0.619. The molecule has 5 nitrogen and oxygen atoms in total. The van der Waals surface area contributed by atoms with Crippen molar-refractivity contribution in [1.82, 2.24) is 0 Å². The summed E-state index contributed by atoms with van der Waals surface area (Å²) in [7, 11) is 0. The molecular weight excluding hydrogens is 362 g/mol. The highest BCUT2D eigenvalue weighted by Crippen LogP contribution is 2.45. The number of unbranched alkanes of at least 4 members (excludes halogenated alkanes) is 3. The predicted octanol–water partition coefficient (Wildman–Crippen LogP) is 4.62. The molecule has 0 spiro atoms. The lowest BCUT2D eigenvalue weighted by Gasteiger charge is -2.28. The third-order valence-corrected chi connectivity index (χ3v) is 5.92. The molecule has 3 rings (SSSR count). The van der Waals surface area contributed by atoms with Gasteiger partial charge in [0.15, 0.2) is 0 Å². The molecule has 1 aromatic carbocycles. The van der Waals surface area contributed by atoms with Crippen molar-refractivity contribution >= 4 is 29.0 Å². The van der Waals surface area contributed by atoms with E-state index in [0.717, 1.165) is 50.6 Å². The SMILES string of the molecule is O=C(O)CCCCCCC1C2CCC(O2)C1COC(=S)Nc1ccccc1. The number of carboxylic acids is 1. The van der Waals surface area contributed by atoms with Crippen molar-refractivity contribution in [3.8, 4) is 0 Å². The number of rotatable bonds is 10. The first-order chi connectivity index (χ1) is 13.1. The second kappa shape index (κ2) is 10.0. The number of carboxylic acid groups (broad SMARTS) is 1. The number of carbonyl (C=O) groups is 1. The topological polar surface area (TPSA) is 67.8 Å². The summed E-state index contributed by atoms with van der Waals surface area (Å²) in [6.45, 7) is 0.601. The molecule has 2 bridgehead atoms. The van der Waals surface area contributed by atoms with E-state index in [4.69, 9.17) is 26.8 Å². The minimum Gasteiger partial charge on any atom is -0.481 e. The standard InChI is InChI=1S/C21H29NO4S/c23-20(24)11-7-2-1-6-10-16-17(19-13-12-18(16)26-19)14-25-21(27)22-15-8-4-3-5-9-15/h3-5,8-9,16-19H,1-2,6-7,10-14H2,(H,22,27)(H,23,24). The largest absolute Gasteiger partial charge is 0.481 e. The second-order valence-electron chi connectivity index (χ2n) is 7.55. The van der Waals surface area contributed by atoms with Crippen molar-refractivity contribution < 1.29 is 19.4 Å². The Hall–Kier alpha value is -1.66. The van der Waals surface area contributed by atoms with Crippen LogP contribution in [0.3, 0.4) is 0 Å². The Balaban J connectivity index is 1.40. The van der Waals surface area contributed by atoms with Crippen molar-refractivity contribution in [2.75, 3.05) is 11.9 Å². The maximum Gasteiger partial charge on any atom is 0.303 e. The number of fused-ring (bicyclic) bond motifs is 2. The highest BCUT2D eigenvalue weighted by Gasteiger charge is 2.48. The van der Waals surface area contributed by atoms with Crippen molar-refractivity contribution in [2.24, 2.45) is 11.8 Å². The van der Waals surface area contributed by atoms with Gasteiger partial charge in [-0.2, -0.15) is 0 Å². The Morgan fingerprint density at radius 1 is 1.11 bits per heavy atom. The Morgan fingerprint density at radius 2 is 1.81 bits per heavy atom. The average Bonchev–Trinajstić information content (AvgIpc) is 3.25. The molecular formula is C21H29NO4S. The molecule has 2 fully saturated rings. The number of para-hydroxylation sites is 1. The molecule has 0 aromatic heterocycles. The van der Waals surface area contributed by atoms with E-state index in [1.54, 1.807) is 0 Å². The lowest BCUT2D eigenvalue weighted by Crippen LogP contribution is -2.32. The van der Waals surface area contributed by atoms with Crippen LogP contribution in [0.15, 0.2) is 30.3 Å². The van der Waals surface area contributed by atoms with Crippen molar-refractivity contribution in [3.05, 3.63) is 30.3 Å². The Bertz CT molecular complexity index is 624. The highest BCUT2D eigenvalue weighted by molar-refractivity contribution is 7.80. The summed E-state index contributed by atoms with van der Waals surface area (Å²) >= 11 is 5.33. The van der Waals surface area contributed by atoms with E-state index in [0.29, 0.717) is 35.8 Å². The summed E-state index contributed by atoms with van der Waals surface area (Å²) in [6, 6.07) is 9.81.